The molecule has 5 aromatic carbocycles. The molecular formula is C46H41NO2S. The Morgan fingerprint density at radius 2 is 0.980 bits per heavy atom. The maximum Gasteiger partial charge on any atom is 0.197 e. The number of Topliss-reactive ketones (excluding diaryl/α,β-unsaturated/α-hetero) is 2. The van der Waals surface area contributed by atoms with E-state index in [0.29, 0.717) is 11.1 Å². The molecule has 1 aliphatic carbocycles. The standard InChI is InChI=1S/C46H41NO2S/c1-45(2,3)33-26-34(46(4,5)6)28-37(27-33)47(35-20-16-31(17-21-35)30-12-8-7-9-13-30)36-22-18-32(19-23-36)42-25-24-38(50-42)29-41-43(48)39-14-10-11-15-40(39)44(41)49/h7-29H,1-6H3. The summed E-state index contributed by atoms with van der Waals surface area (Å²) in [6.07, 6.45) is 1.74. The van der Waals surface area contributed by atoms with Crippen molar-refractivity contribution < 1.29 is 9.59 Å². The van der Waals surface area contributed by atoms with Crippen LogP contribution in [0.4, 0.5) is 17.1 Å². The van der Waals surface area contributed by atoms with Crippen molar-refractivity contribution in [1.29, 1.82) is 0 Å². The first kappa shape index (κ1) is 33.2. The van der Waals surface area contributed by atoms with Gasteiger partial charge < -0.3 is 4.90 Å². The van der Waals surface area contributed by atoms with Gasteiger partial charge in [0.1, 0.15) is 0 Å². The summed E-state index contributed by atoms with van der Waals surface area (Å²) < 4.78 is 0. The highest BCUT2D eigenvalue weighted by Crippen LogP contribution is 2.41. The largest absolute Gasteiger partial charge is 0.310 e. The number of rotatable bonds is 6. The van der Waals surface area contributed by atoms with Gasteiger partial charge in [0.05, 0.1) is 5.57 Å². The Bertz CT molecular complexity index is 2170. The minimum absolute atomic E-state index is 0.0224. The van der Waals surface area contributed by atoms with Gasteiger partial charge in [0.15, 0.2) is 11.6 Å². The Hall–Kier alpha value is -5.32. The van der Waals surface area contributed by atoms with Crippen LogP contribution in [-0.2, 0) is 10.8 Å². The molecule has 0 spiro atoms. The molecule has 50 heavy (non-hydrogen) atoms. The monoisotopic (exact) mass is 671 g/mol. The Balaban J connectivity index is 1.26. The van der Waals surface area contributed by atoms with Gasteiger partial charge in [-0.25, -0.2) is 0 Å². The molecule has 248 valence electrons. The molecule has 0 saturated heterocycles. The summed E-state index contributed by atoms with van der Waals surface area (Å²) in [7, 11) is 0. The third kappa shape index (κ3) is 6.51. The highest BCUT2D eigenvalue weighted by molar-refractivity contribution is 7.16. The number of carbonyl (C=O) groups excluding carboxylic acids is 2. The number of allylic oxidation sites excluding steroid dienone is 1. The number of ketones is 2. The molecule has 1 heterocycles. The van der Waals surface area contributed by atoms with Gasteiger partial charge in [-0.15, -0.1) is 11.3 Å². The van der Waals surface area contributed by atoms with E-state index < -0.39 is 0 Å². The highest BCUT2D eigenvalue weighted by atomic mass is 32.1. The van der Waals surface area contributed by atoms with Crippen LogP contribution in [0.3, 0.4) is 0 Å². The number of thiophene rings is 1. The molecule has 6 aromatic rings. The van der Waals surface area contributed by atoms with Crippen LogP contribution in [0.15, 0.2) is 139 Å². The SMILES string of the molecule is CC(C)(C)c1cc(N(c2ccc(-c3ccccc3)cc2)c2ccc(-c3ccc(C=C4C(=O)c5ccccc5C4=O)s3)cc2)cc(C(C)(C)C)c1. The third-order valence-electron chi connectivity index (χ3n) is 9.37. The summed E-state index contributed by atoms with van der Waals surface area (Å²) in [6.45, 7) is 13.6. The van der Waals surface area contributed by atoms with Crippen LogP contribution in [-0.4, -0.2) is 11.6 Å². The smallest absolute Gasteiger partial charge is 0.197 e. The van der Waals surface area contributed by atoms with Crippen molar-refractivity contribution >= 4 is 46.0 Å². The van der Waals surface area contributed by atoms with Crippen LogP contribution < -0.4 is 4.90 Å². The lowest BCUT2D eigenvalue weighted by atomic mass is 9.80. The number of anilines is 3. The number of hydrogen-bond donors (Lipinski definition) is 0. The highest BCUT2D eigenvalue weighted by Gasteiger charge is 2.32. The fourth-order valence-electron chi connectivity index (χ4n) is 6.39. The Morgan fingerprint density at radius 3 is 1.50 bits per heavy atom. The molecule has 0 saturated carbocycles. The lowest BCUT2D eigenvalue weighted by molar-refractivity contribution is 0.0990. The zero-order valence-electron chi connectivity index (χ0n) is 29.5. The third-order valence-corrected chi connectivity index (χ3v) is 10.5. The van der Waals surface area contributed by atoms with E-state index in [2.05, 4.69) is 144 Å². The normalized spacial score (nSPS) is 13.0. The Labute approximate surface area is 299 Å². The molecule has 1 aromatic heterocycles. The van der Waals surface area contributed by atoms with Gasteiger partial charge in [-0.1, -0.05) is 126 Å². The van der Waals surface area contributed by atoms with Crippen LogP contribution in [0.5, 0.6) is 0 Å². The van der Waals surface area contributed by atoms with E-state index >= 15 is 0 Å². The van der Waals surface area contributed by atoms with Crippen molar-refractivity contribution in [3.8, 4) is 21.6 Å². The molecule has 3 nitrogen and oxygen atoms in total. The number of carbonyl (C=O) groups is 2. The first-order valence-electron chi connectivity index (χ1n) is 17.1. The quantitative estimate of drug-likeness (QED) is 0.131. The predicted molar refractivity (Wildman–Crippen MR) is 210 cm³/mol. The summed E-state index contributed by atoms with van der Waals surface area (Å²) in [5.41, 5.74) is 10.5. The van der Waals surface area contributed by atoms with E-state index in [1.54, 1.807) is 41.7 Å². The molecular weight excluding hydrogens is 631 g/mol. The number of nitrogens with zero attached hydrogens (tertiary/aromatic N) is 1. The second-order valence-corrected chi connectivity index (χ2v) is 16.1. The lowest BCUT2D eigenvalue weighted by Crippen LogP contribution is -2.19. The fourth-order valence-corrected chi connectivity index (χ4v) is 7.35. The summed E-state index contributed by atoms with van der Waals surface area (Å²) in [6, 6.07) is 46.1. The maximum atomic E-state index is 13.0. The lowest BCUT2D eigenvalue weighted by Gasteiger charge is -2.31. The van der Waals surface area contributed by atoms with Crippen molar-refractivity contribution in [1.82, 2.24) is 0 Å². The zero-order chi connectivity index (χ0) is 35.2. The van der Waals surface area contributed by atoms with Gasteiger partial charge in [-0.05, 0) is 93.3 Å². The zero-order valence-corrected chi connectivity index (χ0v) is 30.3. The van der Waals surface area contributed by atoms with Gasteiger partial charge in [0.2, 0.25) is 0 Å². The summed E-state index contributed by atoms with van der Waals surface area (Å²) in [4.78, 5) is 30.3. The Kier molecular flexibility index (Phi) is 8.53. The average Bonchev–Trinajstić information content (AvgIpc) is 3.67. The second kappa shape index (κ2) is 12.9. The van der Waals surface area contributed by atoms with Crippen molar-refractivity contribution in [2.75, 3.05) is 4.90 Å². The number of fused-ring (bicyclic) bond motifs is 1. The first-order valence-corrected chi connectivity index (χ1v) is 17.9. The molecule has 0 N–H and O–H groups in total. The van der Waals surface area contributed by atoms with Gasteiger partial charge in [0, 0.05) is 37.9 Å². The minimum atomic E-state index is -0.202. The number of hydrogen-bond acceptors (Lipinski definition) is 4. The fraction of sp³-hybridized carbons (Fsp3) is 0.174. The topological polar surface area (TPSA) is 37.4 Å². The summed E-state index contributed by atoms with van der Waals surface area (Å²) >= 11 is 1.58. The predicted octanol–water partition coefficient (Wildman–Crippen LogP) is 12.6. The van der Waals surface area contributed by atoms with Crippen molar-refractivity contribution in [2.24, 2.45) is 0 Å². The molecule has 7 rings (SSSR count). The first-order chi connectivity index (χ1) is 23.9. The van der Waals surface area contributed by atoms with Gasteiger partial charge in [0.25, 0.3) is 0 Å². The molecule has 4 heteroatoms. The van der Waals surface area contributed by atoms with E-state index in [-0.39, 0.29) is 28.0 Å². The number of benzene rings is 5. The molecule has 0 fully saturated rings. The van der Waals surface area contributed by atoms with Crippen LogP contribution in [0.1, 0.15) is 78.3 Å². The van der Waals surface area contributed by atoms with E-state index in [9.17, 15) is 9.59 Å². The minimum Gasteiger partial charge on any atom is -0.310 e. The molecule has 0 unspecified atom stereocenters. The van der Waals surface area contributed by atoms with Crippen LogP contribution in [0, 0.1) is 0 Å². The molecule has 0 bridgehead atoms. The second-order valence-electron chi connectivity index (χ2n) is 15.0. The molecule has 0 atom stereocenters. The molecule has 0 radical (unpaired) electrons. The molecule has 1 aliphatic rings. The van der Waals surface area contributed by atoms with Crippen LogP contribution in [0.25, 0.3) is 27.6 Å². The van der Waals surface area contributed by atoms with Crippen molar-refractivity contribution in [3.63, 3.8) is 0 Å². The molecule has 0 aliphatic heterocycles. The Morgan fingerprint density at radius 1 is 0.500 bits per heavy atom. The summed E-state index contributed by atoms with van der Waals surface area (Å²) in [5, 5.41) is 0. The van der Waals surface area contributed by atoms with Crippen LogP contribution >= 0.6 is 11.3 Å². The van der Waals surface area contributed by atoms with Crippen molar-refractivity contribution in [3.05, 3.63) is 166 Å². The van der Waals surface area contributed by atoms with E-state index in [1.807, 2.05) is 12.1 Å². The van der Waals surface area contributed by atoms with Gasteiger partial charge in [-0.2, -0.15) is 0 Å². The van der Waals surface area contributed by atoms with Gasteiger partial charge >= 0.3 is 0 Å². The molecule has 0 amide bonds. The maximum absolute atomic E-state index is 13.0. The van der Waals surface area contributed by atoms with E-state index in [4.69, 9.17) is 0 Å². The van der Waals surface area contributed by atoms with E-state index in [1.165, 1.54) is 22.3 Å². The average molecular weight is 672 g/mol. The van der Waals surface area contributed by atoms with Gasteiger partial charge in [-0.3, -0.25) is 9.59 Å². The van der Waals surface area contributed by atoms with E-state index in [0.717, 1.165) is 32.4 Å². The van der Waals surface area contributed by atoms with Crippen LogP contribution in [0.2, 0.25) is 0 Å². The van der Waals surface area contributed by atoms with Crippen molar-refractivity contribution in [2.45, 2.75) is 52.4 Å². The summed E-state index contributed by atoms with van der Waals surface area (Å²) in [5.74, 6) is -0.404.